The largest absolute Gasteiger partial charge is 0.459 e. The van der Waals surface area contributed by atoms with Crippen LogP contribution in [0.15, 0.2) is 52.2 Å². The maximum absolute atomic E-state index is 11.5. The maximum atomic E-state index is 11.5. The number of halogens is 1. The van der Waals surface area contributed by atoms with Gasteiger partial charge in [0.05, 0.1) is 19.0 Å². The van der Waals surface area contributed by atoms with Gasteiger partial charge in [-0.25, -0.2) is 5.43 Å². The second-order valence-corrected chi connectivity index (χ2v) is 4.38. The molecule has 2 amide bonds. The van der Waals surface area contributed by atoms with Crippen molar-refractivity contribution in [2.24, 2.45) is 5.10 Å². The molecule has 0 radical (unpaired) electrons. The van der Waals surface area contributed by atoms with Crippen molar-refractivity contribution in [3.63, 3.8) is 0 Å². The SMILES string of the molecule is O=C(CNC(=O)c1ccco1)N/N=C\c1ccccc1Cl. The van der Waals surface area contributed by atoms with Crippen molar-refractivity contribution in [1.82, 2.24) is 10.7 Å². The predicted octanol–water partition coefficient (Wildman–Crippen LogP) is 1.81. The molecule has 21 heavy (non-hydrogen) atoms. The summed E-state index contributed by atoms with van der Waals surface area (Å²) in [7, 11) is 0. The standard InChI is InChI=1S/C14H12ClN3O3/c15-11-5-2-1-4-10(11)8-17-18-13(19)9-16-14(20)12-6-3-7-21-12/h1-8H,9H2,(H,16,20)(H,18,19)/b17-8-. The molecule has 6 nitrogen and oxygen atoms in total. The summed E-state index contributed by atoms with van der Waals surface area (Å²) in [6, 6.07) is 10.2. The number of nitrogens with zero attached hydrogens (tertiary/aromatic N) is 1. The van der Waals surface area contributed by atoms with Gasteiger partial charge in [-0.15, -0.1) is 0 Å². The highest BCUT2D eigenvalue weighted by molar-refractivity contribution is 6.33. The Balaban J connectivity index is 1.78. The molecule has 2 rings (SSSR count). The second kappa shape index (κ2) is 7.25. The van der Waals surface area contributed by atoms with Gasteiger partial charge in [-0.3, -0.25) is 9.59 Å². The first kappa shape index (κ1) is 14.8. The van der Waals surface area contributed by atoms with Crippen LogP contribution in [0.3, 0.4) is 0 Å². The highest BCUT2D eigenvalue weighted by Crippen LogP contribution is 2.11. The summed E-state index contributed by atoms with van der Waals surface area (Å²) < 4.78 is 4.89. The van der Waals surface area contributed by atoms with Crippen molar-refractivity contribution < 1.29 is 14.0 Å². The van der Waals surface area contributed by atoms with Crippen LogP contribution in [0.25, 0.3) is 0 Å². The van der Waals surface area contributed by atoms with Crippen LogP contribution in [0.1, 0.15) is 16.1 Å². The van der Waals surface area contributed by atoms with Crippen molar-refractivity contribution in [2.45, 2.75) is 0 Å². The first-order valence-corrected chi connectivity index (χ1v) is 6.43. The number of carbonyl (C=O) groups is 2. The van der Waals surface area contributed by atoms with E-state index in [0.29, 0.717) is 10.6 Å². The Morgan fingerprint density at radius 2 is 2.05 bits per heavy atom. The summed E-state index contributed by atoms with van der Waals surface area (Å²) in [6.07, 6.45) is 2.80. The van der Waals surface area contributed by atoms with Crippen molar-refractivity contribution in [2.75, 3.05) is 6.54 Å². The molecule has 0 aliphatic heterocycles. The lowest BCUT2D eigenvalue weighted by molar-refractivity contribution is -0.120. The number of hydrogen-bond acceptors (Lipinski definition) is 4. The van der Waals surface area contributed by atoms with Crippen LogP contribution in [-0.4, -0.2) is 24.6 Å². The fourth-order valence-corrected chi connectivity index (χ4v) is 1.63. The van der Waals surface area contributed by atoms with Crippen LogP contribution in [-0.2, 0) is 4.79 Å². The third-order valence-electron chi connectivity index (χ3n) is 2.45. The minimum Gasteiger partial charge on any atom is -0.459 e. The average molecular weight is 306 g/mol. The summed E-state index contributed by atoms with van der Waals surface area (Å²) in [5, 5.41) is 6.69. The lowest BCUT2D eigenvalue weighted by atomic mass is 10.2. The fraction of sp³-hybridized carbons (Fsp3) is 0.0714. The van der Waals surface area contributed by atoms with E-state index in [4.69, 9.17) is 16.0 Å². The molecular formula is C14H12ClN3O3. The van der Waals surface area contributed by atoms with E-state index in [1.165, 1.54) is 18.5 Å². The van der Waals surface area contributed by atoms with E-state index < -0.39 is 11.8 Å². The van der Waals surface area contributed by atoms with Crippen LogP contribution in [0.4, 0.5) is 0 Å². The first-order valence-electron chi connectivity index (χ1n) is 6.05. The van der Waals surface area contributed by atoms with E-state index in [-0.39, 0.29) is 12.3 Å². The van der Waals surface area contributed by atoms with Gasteiger partial charge in [0.2, 0.25) is 0 Å². The monoisotopic (exact) mass is 305 g/mol. The highest BCUT2D eigenvalue weighted by Gasteiger charge is 2.09. The molecular weight excluding hydrogens is 294 g/mol. The van der Waals surface area contributed by atoms with E-state index in [9.17, 15) is 9.59 Å². The molecule has 0 saturated heterocycles. The van der Waals surface area contributed by atoms with Crippen LogP contribution < -0.4 is 10.7 Å². The van der Waals surface area contributed by atoms with Gasteiger partial charge in [0, 0.05) is 10.6 Å². The van der Waals surface area contributed by atoms with Crippen molar-refractivity contribution >= 4 is 29.6 Å². The number of carbonyl (C=O) groups excluding carboxylic acids is 2. The van der Waals surface area contributed by atoms with Gasteiger partial charge >= 0.3 is 0 Å². The van der Waals surface area contributed by atoms with Gasteiger partial charge in [-0.2, -0.15) is 5.10 Å². The number of hydrazone groups is 1. The summed E-state index contributed by atoms with van der Waals surface area (Å²) in [6.45, 7) is -0.209. The van der Waals surface area contributed by atoms with Crippen LogP contribution in [0, 0.1) is 0 Å². The molecule has 7 heteroatoms. The first-order chi connectivity index (χ1) is 10.2. The molecule has 108 valence electrons. The van der Waals surface area contributed by atoms with Gasteiger partial charge in [0.25, 0.3) is 11.8 Å². The van der Waals surface area contributed by atoms with Gasteiger partial charge in [0.15, 0.2) is 5.76 Å². The molecule has 0 fully saturated rings. The summed E-state index contributed by atoms with van der Waals surface area (Å²) >= 11 is 5.93. The number of amides is 2. The van der Waals surface area contributed by atoms with Gasteiger partial charge in [-0.05, 0) is 18.2 Å². The minimum absolute atomic E-state index is 0.141. The van der Waals surface area contributed by atoms with Crippen LogP contribution >= 0.6 is 11.6 Å². The van der Waals surface area contributed by atoms with E-state index in [1.54, 1.807) is 30.3 Å². The highest BCUT2D eigenvalue weighted by atomic mass is 35.5. The second-order valence-electron chi connectivity index (χ2n) is 3.97. The molecule has 0 atom stereocenters. The molecule has 0 saturated carbocycles. The van der Waals surface area contributed by atoms with E-state index >= 15 is 0 Å². The number of benzene rings is 1. The third-order valence-corrected chi connectivity index (χ3v) is 2.80. The average Bonchev–Trinajstić information content (AvgIpc) is 3.01. The molecule has 0 aliphatic rings. The normalized spacial score (nSPS) is 10.5. The third kappa shape index (κ3) is 4.47. The summed E-state index contributed by atoms with van der Waals surface area (Å²) in [5.41, 5.74) is 2.97. The Bertz CT molecular complexity index is 653. The van der Waals surface area contributed by atoms with Crippen LogP contribution in [0.2, 0.25) is 5.02 Å². The van der Waals surface area contributed by atoms with Crippen molar-refractivity contribution in [3.8, 4) is 0 Å². The lowest BCUT2D eigenvalue weighted by Crippen LogP contribution is -2.34. The Morgan fingerprint density at radius 3 is 2.76 bits per heavy atom. The van der Waals surface area contributed by atoms with Crippen LogP contribution in [0.5, 0.6) is 0 Å². The summed E-state index contributed by atoms with van der Waals surface area (Å²) in [5.74, 6) is -0.786. The van der Waals surface area contributed by atoms with E-state index in [2.05, 4.69) is 15.8 Å². The summed E-state index contributed by atoms with van der Waals surface area (Å²) in [4.78, 5) is 23.0. The minimum atomic E-state index is -0.467. The molecule has 2 N–H and O–H groups in total. The number of hydrogen-bond donors (Lipinski definition) is 2. The number of nitrogens with one attached hydrogen (secondary N) is 2. The molecule has 1 aromatic heterocycles. The van der Waals surface area contributed by atoms with Gasteiger partial charge in [0.1, 0.15) is 0 Å². The molecule has 1 heterocycles. The quantitative estimate of drug-likeness (QED) is 0.653. The lowest BCUT2D eigenvalue weighted by Gasteiger charge is -2.02. The zero-order valence-electron chi connectivity index (χ0n) is 10.9. The predicted molar refractivity (Wildman–Crippen MR) is 78.2 cm³/mol. The Kier molecular flexibility index (Phi) is 5.11. The van der Waals surface area contributed by atoms with E-state index in [1.807, 2.05) is 0 Å². The van der Waals surface area contributed by atoms with Gasteiger partial charge < -0.3 is 9.73 Å². The topological polar surface area (TPSA) is 83.7 Å². The van der Waals surface area contributed by atoms with Gasteiger partial charge in [-0.1, -0.05) is 29.8 Å². The Hall–Kier alpha value is -2.60. The number of rotatable bonds is 5. The fourth-order valence-electron chi connectivity index (χ4n) is 1.45. The molecule has 0 spiro atoms. The molecule has 2 aromatic rings. The molecule has 0 aliphatic carbocycles. The Morgan fingerprint density at radius 1 is 1.24 bits per heavy atom. The molecule has 0 unspecified atom stereocenters. The van der Waals surface area contributed by atoms with Crippen molar-refractivity contribution in [3.05, 3.63) is 59.0 Å². The zero-order chi connectivity index (χ0) is 15.1. The molecule has 1 aromatic carbocycles. The molecule has 0 bridgehead atoms. The van der Waals surface area contributed by atoms with Crippen molar-refractivity contribution in [1.29, 1.82) is 0 Å². The zero-order valence-corrected chi connectivity index (χ0v) is 11.6. The number of furan rings is 1. The maximum Gasteiger partial charge on any atom is 0.287 e. The Labute approximate surface area is 125 Å². The smallest absolute Gasteiger partial charge is 0.287 e. The van der Waals surface area contributed by atoms with E-state index in [0.717, 1.165) is 0 Å².